The number of carbonyl (C=O) groups is 3. The number of nitrogens with zero attached hydrogens (tertiary/aromatic N) is 1. The molecule has 0 saturated carbocycles. The van der Waals surface area contributed by atoms with Crippen LogP contribution in [0.15, 0.2) is 60.2 Å². The summed E-state index contributed by atoms with van der Waals surface area (Å²) in [5, 5.41) is 12.1. The standard InChI is InChI=1S/C26H28N2O5S/c1-16(2)11-12-22(24(29)28-15-34-14-23(28)25(30)31)27-26(32)33-13-21-19-9-5-3-7-17(19)18-8-4-6-10-20(18)21/h3-11,21-23H,12-15H2,1-2H3,(H,27,32)(H,30,31). The quantitative estimate of drug-likeness (QED) is 0.576. The van der Waals surface area contributed by atoms with Gasteiger partial charge in [-0.3, -0.25) is 4.79 Å². The van der Waals surface area contributed by atoms with Crippen LogP contribution in [-0.2, 0) is 14.3 Å². The van der Waals surface area contributed by atoms with E-state index in [0.717, 1.165) is 27.8 Å². The van der Waals surface area contributed by atoms with Crippen LogP contribution in [-0.4, -0.2) is 58.3 Å². The summed E-state index contributed by atoms with van der Waals surface area (Å²) < 4.78 is 5.60. The highest BCUT2D eigenvalue weighted by Crippen LogP contribution is 2.44. The molecule has 1 aliphatic heterocycles. The highest BCUT2D eigenvalue weighted by molar-refractivity contribution is 7.99. The summed E-state index contributed by atoms with van der Waals surface area (Å²) in [6.45, 7) is 3.95. The summed E-state index contributed by atoms with van der Waals surface area (Å²) in [6, 6.07) is 14.3. The normalized spacial score (nSPS) is 17.5. The molecule has 2 aliphatic rings. The molecule has 0 aromatic heterocycles. The predicted molar refractivity (Wildman–Crippen MR) is 132 cm³/mol. The van der Waals surface area contributed by atoms with E-state index >= 15 is 0 Å². The highest BCUT2D eigenvalue weighted by atomic mass is 32.2. The fourth-order valence-electron chi connectivity index (χ4n) is 4.42. The molecule has 1 saturated heterocycles. The molecule has 4 rings (SSSR count). The van der Waals surface area contributed by atoms with Gasteiger partial charge in [-0.2, -0.15) is 0 Å². The summed E-state index contributed by atoms with van der Waals surface area (Å²) in [7, 11) is 0. The number of aliphatic carboxylic acids is 1. The molecule has 2 unspecified atom stereocenters. The molecule has 0 bridgehead atoms. The van der Waals surface area contributed by atoms with Crippen LogP contribution < -0.4 is 5.32 Å². The Morgan fingerprint density at radius 3 is 2.32 bits per heavy atom. The number of ether oxygens (including phenoxy) is 1. The maximum Gasteiger partial charge on any atom is 0.407 e. The molecular formula is C26H28N2O5S. The zero-order chi connectivity index (χ0) is 24.2. The van der Waals surface area contributed by atoms with Crippen LogP contribution in [0.25, 0.3) is 11.1 Å². The molecule has 7 nitrogen and oxygen atoms in total. The molecule has 2 N–H and O–H groups in total. The van der Waals surface area contributed by atoms with Crippen LogP contribution in [0.3, 0.4) is 0 Å². The Balaban J connectivity index is 1.46. The molecule has 2 aromatic rings. The van der Waals surface area contributed by atoms with Crippen molar-refractivity contribution >= 4 is 29.7 Å². The van der Waals surface area contributed by atoms with E-state index in [4.69, 9.17) is 4.74 Å². The molecule has 1 heterocycles. The molecule has 34 heavy (non-hydrogen) atoms. The zero-order valence-electron chi connectivity index (χ0n) is 19.2. The van der Waals surface area contributed by atoms with Gasteiger partial charge in [0.05, 0.1) is 5.88 Å². The lowest BCUT2D eigenvalue weighted by Gasteiger charge is -2.26. The number of nitrogens with one attached hydrogen (secondary N) is 1. The van der Waals surface area contributed by atoms with Crippen molar-refractivity contribution in [3.63, 3.8) is 0 Å². The van der Waals surface area contributed by atoms with Crippen molar-refractivity contribution in [1.29, 1.82) is 0 Å². The topological polar surface area (TPSA) is 95.9 Å². The van der Waals surface area contributed by atoms with Crippen LogP contribution in [0, 0.1) is 0 Å². The van der Waals surface area contributed by atoms with Gasteiger partial charge in [0.25, 0.3) is 0 Å². The highest BCUT2D eigenvalue weighted by Gasteiger charge is 2.38. The molecule has 0 radical (unpaired) electrons. The number of carboxylic acid groups (broad SMARTS) is 1. The number of carboxylic acids is 1. The summed E-state index contributed by atoms with van der Waals surface area (Å²) in [5.74, 6) is -0.921. The Labute approximate surface area is 203 Å². The van der Waals surface area contributed by atoms with Crippen LogP contribution >= 0.6 is 11.8 Å². The molecule has 178 valence electrons. The fraction of sp³-hybridized carbons (Fsp3) is 0.346. The van der Waals surface area contributed by atoms with Gasteiger partial charge in [-0.15, -0.1) is 11.8 Å². The number of hydrogen-bond donors (Lipinski definition) is 2. The lowest BCUT2D eigenvalue weighted by atomic mass is 9.98. The molecule has 0 spiro atoms. The third kappa shape index (κ3) is 4.97. The van der Waals surface area contributed by atoms with Gasteiger partial charge in [-0.05, 0) is 42.5 Å². The van der Waals surface area contributed by atoms with E-state index in [1.54, 1.807) is 0 Å². The number of thioether (sulfide) groups is 1. The lowest BCUT2D eigenvalue weighted by Crippen LogP contribution is -2.52. The van der Waals surface area contributed by atoms with Crippen LogP contribution in [0.5, 0.6) is 0 Å². The van der Waals surface area contributed by atoms with E-state index in [0.29, 0.717) is 5.75 Å². The van der Waals surface area contributed by atoms with E-state index in [2.05, 4.69) is 17.4 Å². The molecule has 2 amide bonds. The summed E-state index contributed by atoms with van der Waals surface area (Å²) in [6.07, 6.45) is 1.42. The largest absolute Gasteiger partial charge is 0.480 e. The summed E-state index contributed by atoms with van der Waals surface area (Å²) >= 11 is 1.39. The van der Waals surface area contributed by atoms with Crippen LogP contribution in [0.1, 0.15) is 37.3 Å². The van der Waals surface area contributed by atoms with Crippen molar-refractivity contribution in [1.82, 2.24) is 10.2 Å². The van der Waals surface area contributed by atoms with E-state index in [1.165, 1.54) is 16.7 Å². The van der Waals surface area contributed by atoms with E-state index < -0.39 is 30.1 Å². The maximum atomic E-state index is 13.1. The Morgan fingerprint density at radius 2 is 1.74 bits per heavy atom. The van der Waals surface area contributed by atoms with Gasteiger partial charge in [0.2, 0.25) is 5.91 Å². The minimum atomic E-state index is -1.04. The minimum Gasteiger partial charge on any atom is -0.480 e. The summed E-state index contributed by atoms with van der Waals surface area (Å²) in [4.78, 5) is 38.8. The molecular weight excluding hydrogens is 452 g/mol. The van der Waals surface area contributed by atoms with E-state index in [-0.39, 0.29) is 24.8 Å². The lowest BCUT2D eigenvalue weighted by molar-refractivity contribution is -0.148. The number of allylic oxidation sites excluding steroid dienone is 1. The van der Waals surface area contributed by atoms with E-state index in [1.807, 2.05) is 56.3 Å². The van der Waals surface area contributed by atoms with Crippen molar-refractivity contribution in [3.05, 3.63) is 71.3 Å². The second-order valence-corrected chi connectivity index (χ2v) is 9.70. The smallest absolute Gasteiger partial charge is 0.407 e. The minimum absolute atomic E-state index is 0.0866. The predicted octanol–water partition coefficient (Wildman–Crippen LogP) is 4.24. The molecule has 8 heteroatoms. The molecule has 1 aliphatic carbocycles. The summed E-state index contributed by atoms with van der Waals surface area (Å²) in [5.41, 5.74) is 5.47. The Kier molecular flexibility index (Phi) is 7.26. The van der Waals surface area contributed by atoms with Crippen molar-refractivity contribution in [2.24, 2.45) is 0 Å². The first kappa shape index (κ1) is 23.9. The van der Waals surface area contributed by atoms with Crippen molar-refractivity contribution < 1.29 is 24.2 Å². The Bertz CT molecular complexity index is 1080. The fourth-order valence-corrected chi connectivity index (χ4v) is 5.58. The second kappa shape index (κ2) is 10.3. The van der Waals surface area contributed by atoms with Gasteiger partial charge < -0.3 is 20.1 Å². The Hall–Kier alpha value is -3.26. The number of fused-ring (bicyclic) bond motifs is 3. The number of alkyl carbamates (subject to hydrolysis) is 1. The average Bonchev–Trinajstić information content (AvgIpc) is 3.43. The van der Waals surface area contributed by atoms with Crippen LogP contribution in [0.4, 0.5) is 4.79 Å². The molecule has 2 atom stereocenters. The first-order valence-electron chi connectivity index (χ1n) is 11.2. The van der Waals surface area contributed by atoms with E-state index in [9.17, 15) is 19.5 Å². The van der Waals surface area contributed by atoms with Crippen molar-refractivity contribution in [2.75, 3.05) is 18.2 Å². The van der Waals surface area contributed by atoms with Gasteiger partial charge in [-0.25, -0.2) is 9.59 Å². The first-order chi connectivity index (χ1) is 16.4. The second-order valence-electron chi connectivity index (χ2n) is 8.70. The van der Waals surface area contributed by atoms with Crippen molar-refractivity contribution in [2.45, 2.75) is 38.3 Å². The van der Waals surface area contributed by atoms with Gasteiger partial charge in [0.1, 0.15) is 18.7 Å². The number of carbonyl (C=O) groups excluding carboxylic acids is 2. The SMILES string of the molecule is CC(C)=CCC(NC(=O)OCC1c2ccccc2-c2ccccc21)C(=O)N1CSCC1C(=O)O. The number of hydrogen-bond acceptors (Lipinski definition) is 5. The van der Waals surface area contributed by atoms with Gasteiger partial charge >= 0.3 is 12.1 Å². The zero-order valence-corrected chi connectivity index (χ0v) is 20.0. The molecule has 1 fully saturated rings. The third-order valence-electron chi connectivity index (χ3n) is 6.15. The third-order valence-corrected chi connectivity index (χ3v) is 7.16. The van der Waals surface area contributed by atoms with Gasteiger partial charge in [0.15, 0.2) is 0 Å². The number of benzene rings is 2. The van der Waals surface area contributed by atoms with Gasteiger partial charge in [0, 0.05) is 11.7 Å². The monoisotopic (exact) mass is 480 g/mol. The Morgan fingerprint density at radius 1 is 1.12 bits per heavy atom. The van der Waals surface area contributed by atoms with Crippen LogP contribution in [0.2, 0.25) is 0 Å². The maximum absolute atomic E-state index is 13.1. The number of amides is 2. The average molecular weight is 481 g/mol. The first-order valence-corrected chi connectivity index (χ1v) is 12.4. The number of rotatable bonds is 7. The van der Waals surface area contributed by atoms with Gasteiger partial charge in [-0.1, -0.05) is 60.2 Å². The van der Waals surface area contributed by atoms with Crippen molar-refractivity contribution in [3.8, 4) is 11.1 Å². The molecule has 2 aromatic carbocycles.